The van der Waals surface area contributed by atoms with Crippen LogP contribution in [0.2, 0.25) is 0 Å². The van der Waals surface area contributed by atoms with Gasteiger partial charge in [0.1, 0.15) is 5.75 Å². The second-order valence-electron chi connectivity index (χ2n) is 7.47. The van der Waals surface area contributed by atoms with Crippen molar-refractivity contribution < 1.29 is 19.1 Å². The number of piperazine rings is 1. The highest BCUT2D eigenvalue weighted by molar-refractivity contribution is 5.92. The van der Waals surface area contributed by atoms with Crippen molar-refractivity contribution in [1.29, 1.82) is 0 Å². The van der Waals surface area contributed by atoms with Crippen LogP contribution in [-0.2, 0) is 20.9 Å². The summed E-state index contributed by atoms with van der Waals surface area (Å²) in [7, 11) is 1.61. The van der Waals surface area contributed by atoms with Crippen LogP contribution in [0.15, 0.2) is 24.3 Å². The fourth-order valence-electron chi connectivity index (χ4n) is 3.71. The smallest absolute Gasteiger partial charge is 0.242 e. The molecule has 0 aromatic heterocycles. The maximum Gasteiger partial charge on any atom is 0.242 e. The maximum atomic E-state index is 12.8. The number of ether oxygens (including phenoxy) is 1. The molecule has 0 aliphatic carbocycles. The molecule has 0 radical (unpaired) electrons. The van der Waals surface area contributed by atoms with Gasteiger partial charge in [0, 0.05) is 38.6 Å². The predicted molar refractivity (Wildman–Crippen MR) is 99.9 cm³/mol. The molecule has 27 heavy (non-hydrogen) atoms. The van der Waals surface area contributed by atoms with E-state index in [4.69, 9.17) is 4.74 Å². The van der Waals surface area contributed by atoms with E-state index >= 15 is 0 Å². The number of hydrogen-bond acceptors (Lipinski definition) is 4. The maximum absolute atomic E-state index is 12.8. The number of carbonyl (C=O) groups excluding carboxylic acids is 3. The van der Waals surface area contributed by atoms with E-state index in [9.17, 15) is 14.4 Å². The highest BCUT2D eigenvalue weighted by Gasteiger charge is 2.39. The largest absolute Gasteiger partial charge is 0.497 e. The number of methoxy groups -OCH3 is 1. The molecule has 0 N–H and O–H groups in total. The number of amides is 3. The average Bonchev–Trinajstić information content (AvgIpc) is 3.05. The zero-order valence-electron chi connectivity index (χ0n) is 16.2. The van der Waals surface area contributed by atoms with Gasteiger partial charge in [0.15, 0.2) is 0 Å². The summed E-state index contributed by atoms with van der Waals surface area (Å²) in [5, 5.41) is 0. The van der Waals surface area contributed by atoms with Gasteiger partial charge in [-0.25, -0.2) is 0 Å². The number of rotatable bonds is 5. The molecule has 7 heteroatoms. The molecule has 2 fully saturated rings. The lowest BCUT2D eigenvalue weighted by Gasteiger charge is -2.35. The quantitative estimate of drug-likeness (QED) is 0.776. The van der Waals surface area contributed by atoms with Gasteiger partial charge in [0.25, 0.3) is 0 Å². The van der Waals surface area contributed by atoms with Gasteiger partial charge < -0.3 is 19.4 Å². The van der Waals surface area contributed by atoms with Crippen molar-refractivity contribution in [2.24, 2.45) is 5.92 Å². The van der Waals surface area contributed by atoms with E-state index in [0.29, 0.717) is 26.2 Å². The fourth-order valence-corrected chi connectivity index (χ4v) is 3.71. The minimum absolute atomic E-state index is 0.0198. The topological polar surface area (TPSA) is 70.2 Å². The van der Waals surface area contributed by atoms with E-state index in [1.165, 1.54) is 0 Å². The third kappa shape index (κ3) is 4.23. The van der Waals surface area contributed by atoms with Gasteiger partial charge >= 0.3 is 0 Å². The van der Waals surface area contributed by atoms with Crippen LogP contribution in [0.3, 0.4) is 0 Å². The Hall–Kier alpha value is -2.57. The van der Waals surface area contributed by atoms with E-state index in [1.54, 1.807) is 21.8 Å². The molecule has 1 aromatic carbocycles. The van der Waals surface area contributed by atoms with Gasteiger partial charge in [0.05, 0.1) is 19.6 Å². The minimum atomic E-state index is -0.336. The second kappa shape index (κ2) is 7.98. The molecule has 0 saturated carbocycles. The summed E-state index contributed by atoms with van der Waals surface area (Å²) in [6.07, 6.45) is 0.245. The molecule has 1 aromatic rings. The van der Waals surface area contributed by atoms with E-state index in [-0.39, 0.29) is 42.6 Å². The number of nitrogens with zero attached hydrogens (tertiary/aromatic N) is 3. The third-order valence-corrected chi connectivity index (χ3v) is 5.27. The Labute approximate surface area is 159 Å². The lowest BCUT2D eigenvalue weighted by atomic mass is 10.1. The standard InChI is InChI=1S/C20H27N3O4/c1-14(2)23-12-16(10-18(23)24)20(26)22-8-7-21(19(25)13-22)11-15-5-4-6-17(9-15)27-3/h4-6,9,14,16H,7-8,10-13H2,1-3H3/t16-/m1/s1. The first-order valence-electron chi connectivity index (χ1n) is 9.38. The summed E-state index contributed by atoms with van der Waals surface area (Å²) < 4.78 is 5.22. The van der Waals surface area contributed by atoms with Crippen molar-refractivity contribution in [2.45, 2.75) is 32.9 Å². The Balaban J connectivity index is 1.57. The predicted octanol–water partition coefficient (Wildman–Crippen LogP) is 1.12. The Morgan fingerprint density at radius 2 is 2.00 bits per heavy atom. The monoisotopic (exact) mass is 373 g/mol. The van der Waals surface area contributed by atoms with Crippen LogP contribution >= 0.6 is 0 Å². The SMILES string of the molecule is COc1cccc(CN2CCN(C(=O)[C@@H]3CC(=O)N(C(C)C)C3)CC2=O)c1. The van der Waals surface area contributed by atoms with Crippen LogP contribution in [-0.4, -0.2) is 71.8 Å². The first-order valence-corrected chi connectivity index (χ1v) is 9.38. The number of likely N-dealkylation sites (tertiary alicyclic amines) is 1. The van der Waals surface area contributed by atoms with Crippen LogP contribution in [0.25, 0.3) is 0 Å². The van der Waals surface area contributed by atoms with Gasteiger partial charge in [0.2, 0.25) is 17.7 Å². The molecule has 2 heterocycles. The molecule has 0 spiro atoms. The van der Waals surface area contributed by atoms with Crippen molar-refractivity contribution >= 4 is 17.7 Å². The summed E-state index contributed by atoms with van der Waals surface area (Å²) in [4.78, 5) is 42.5. The van der Waals surface area contributed by atoms with Gasteiger partial charge in [-0.3, -0.25) is 14.4 Å². The second-order valence-corrected chi connectivity index (χ2v) is 7.47. The molecule has 7 nitrogen and oxygen atoms in total. The first kappa shape index (κ1) is 19.2. The number of benzene rings is 1. The Bertz CT molecular complexity index is 734. The van der Waals surface area contributed by atoms with Crippen molar-refractivity contribution in [3.05, 3.63) is 29.8 Å². The normalized spacial score (nSPS) is 20.6. The Morgan fingerprint density at radius 1 is 1.22 bits per heavy atom. The summed E-state index contributed by atoms with van der Waals surface area (Å²) in [5.41, 5.74) is 0.997. The van der Waals surface area contributed by atoms with Gasteiger partial charge in [-0.05, 0) is 31.5 Å². The summed E-state index contributed by atoms with van der Waals surface area (Å²) in [5.74, 6) is 0.293. The molecule has 0 bridgehead atoms. The molecule has 146 valence electrons. The summed E-state index contributed by atoms with van der Waals surface area (Å²) >= 11 is 0. The Morgan fingerprint density at radius 3 is 2.63 bits per heavy atom. The minimum Gasteiger partial charge on any atom is -0.497 e. The summed E-state index contributed by atoms with van der Waals surface area (Å²) in [6.45, 7) is 5.93. The van der Waals surface area contributed by atoms with Crippen molar-refractivity contribution in [2.75, 3.05) is 33.3 Å². The molecule has 1 atom stereocenters. The third-order valence-electron chi connectivity index (χ3n) is 5.27. The van der Waals surface area contributed by atoms with Crippen molar-refractivity contribution in [3.63, 3.8) is 0 Å². The summed E-state index contributed by atoms with van der Waals surface area (Å²) in [6, 6.07) is 7.73. The lowest BCUT2D eigenvalue weighted by molar-refractivity contribution is -0.147. The molecule has 0 unspecified atom stereocenters. The zero-order chi connectivity index (χ0) is 19.6. The van der Waals surface area contributed by atoms with Crippen LogP contribution in [0.1, 0.15) is 25.8 Å². The van der Waals surface area contributed by atoms with Crippen LogP contribution in [0, 0.1) is 5.92 Å². The molecule has 2 aliphatic heterocycles. The zero-order valence-corrected chi connectivity index (χ0v) is 16.2. The van der Waals surface area contributed by atoms with E-state index in [2.05, 4.69) is 0 Å². The molecule has 2 saturated heterocycles. The lowest BCUT2D eigenvalue weighted by Crippen LogP contribution is -2.53. The highest BCUT2D eigenvalue weighted by atomic mass is 16.5. The highest BCUT2D eigenvalue weighted by Crippen LogP contribution is 2.23. The first-order chi connectivity index (χ1) is 12.9. The number of hydrogen-bond donors (Lipinski definition) is 0. The average molecular weight is 373 g/mol. The van der Waals surface area contributed by atoms with E-state index in [0.717, 1.165) is 11.3 Å². The van der Waals surface area contributed by atoms with Crippen molar-refractivity contribution in [1.82, 2.24) is 14.7 Å². The molecule has 3 rings (SSSR count). The molecular weight excluding hydrogens is 346 g/mol. The van der Waals surface area contributed by atoms with E-state index in [1.807, 2.05) is 38.1 Å². The fraction of sp³-hybridized carbons (Fsp3) is 0.550. The van der Waals surface area contributed by atoms with Crippen LogP contribution < -0.4 is 4.74 Å². The van der Waals surface area contributed by atoms with Gasteiger partial charge in [-0.2, -0.15) is 0 Å². The van der Waals surface area contributed by atoms with Crippen LogP contribution in [0.4, 0.5) is 0 Å². The Kier molecular flexibility index (Phi) is 5.68. The number of carbonyl (C=O) groups is 3. The van der Waals surface area contributed by atoms with Crippen LogP contribution in [0.5, 0.6) is 5.75 Å². The van der Waals surface area contributed by atoms with Gasteiger partial charge in [-0.15, -0.1) is 0 Å². The molecule has 2 aliphatic rings. The van der Waals surface area contributed by atoms with Crippen molar-refractivity contribution in [3.8, 4) is 5.75 Å². The molecule has 3 amide bonds. The van der Waals surface area contributed by atoms with Gasteiger partial charge in [-0.1, -0.05) is 12.1 Å². The molecular formula is C20H27N3O4. The van der Waals surface area contributed by atoms with E-state index < -0.39 is 0 Å².